The number of aromatic hydroxyl groups is 1. The van der Waals surface area contributed by atoms with E-state index in [4.69, 9.17) is 5.11 Å². The number of carboxylic acids is 1. The van der Waals surface area contributed by atoms with Crippen molar-refractivity contribution in [1.29, 1.82) is 0 Å². The van der Waals surface area contributed by atoms with E-state index in [1.807, 2.05) is 31.2 Å². The fraction of sp³-hybridized carbons (Fsp3) is 0.0455. The van der Waals surface area contributed by atoms with Crippen molar-refractivity contribution < 1.29 is 15.0 Å². The summed E-state index contributed by atoms with van der Waals surface area (Å²) in [4.78, 5) is 13.4. The molecule has 0 spiro atoms. The van der Waals surface area contributed by atoms with Crippen LogP contribution in [0.5, 0.6) is 5.75 Å². The van der Waals surface area contributed by atoms with E-state index in [0.717, 1.165) is 37.2 Å². The Balaban J connectivity index is 1.73. The van der Waals surface area contributed by atoms with Gasteiger partial charge in [-0.15, -0.1) is 11.3 Å². The molecule has 26 heavy (non-hydrogen) atoms. The minimum Gasteiger partial charge on any atom is -0.508 e. The van der Waals surface area contributed by atoms with Gasteiger partial charge in [0.05, 0.1) is 5.56 Å². The number of fused-ring (bicyclic) bond motifs is 1. The predicted octanol–water partition coefficient (Wildman–Crippen LogP) is 5.95. The first-order valence-electron chi connectivity index (χ1n) is 8.18. The molecule has 3 nitrogen and oxygen atoms in total. The molecule has 1 aromatic heterocycles. The molecule has 4 heteroatoms. The molecule has 0 fully saturated rings. The number of aryl methyl sites for hydroxylation is 1. The third kappa shape index (κ3) is 2.95. The van der Waals surface area contributed by atoms with Crippen molar-refractivity contribution >= 4 is 28.1 Å². The van der Waals surface area contributed by atoms with Crippen LogP contribution in [0.1, 0.15) is 15.9 Å². The average molecular weight is 360 g/mol. The van der Waals surface area contributed by atoms with Gasteiger partial charge in [-0.2, -0.15) is 0 Å². The number of carboxylic acid groups (broad SMARTS) is 1. The Morgan fingerprint density at radius 1 is 0.846 bits per heavy atom. The van der Waals surface area contributed by atoms with Crippen LogP contribution in [0.3, 0.4) is 0 Å². The van der Waals surface area contributed by atoms with Crippen LogP contribution in [0.2, 0.25) is 0 Å². The normalized spacial score (nSPS) is 11.0. The second-order valence-corrected chi connectivity index (χ2v) is 7.33. The lowest BCUT2D eigenvalue weighted by Crippen LogP contribution is -1.95. The fourth-order valence-electron chi connectivity index (χ4n) is 3.09. The zero-order chi connectivity index (χ0) is 18.3. The first-order valence-corrected chi connectivity index (χ1v) is 9.00. The molecule has 0 atom stereocenters. The second kappa shape index (κ2) is 6.32. The standard InChI is InChI=1S/C22H16O3S/c1-13-10-18(23)6-7-19(13)21-9-8-20(26-21)16-4-2-15-12-17(22(24)25)5-3-14(15)11-16/h2-12,23H,1H3,(H,24,25). The summed E-state index contributed by atoms with van der Waals surface area (Å²) in [5.41, 5.74) is 3.56. The molecule has 0 bridgehead atoms. The lowest BCUT2D eigenvalue weighted by molar-refractivity contribution is 0.0697. The van der Waals surface area contributed by atoms with Crippen LogP contribution in [0.4, 0.5) is 0 Å². The Morgan fingerprint density at radius 2 is 1.58 bits per heavy atom. The molecule has 3 aromatic carbocycles. The number of phenolic OH excluding ortho intramolecular Hbond substituents is 1. The van der Waals surface area contributed by atoms with Crippen LogP contribution in [0.15, 0.2) is 66.7 Å². The Hall–Kier alpha value is -3.11. The number of thiophene rings is 1. The minimum absolute atomic E-state index is 0.276. The highest BCUT2D eigenvalue weighted by atomic mass is 32.1. The Kier molecular flexibility index (Phi) is 3.98. The maximum Gasteiger partial charge on any atom is 0.335 e. The summed E-state index contributed by atoms with van der Waals surface area (Å²) in [5.74, 6) is -0.638. The van der Waals surface area contributed by atoms with E-state index in [1.165, 1.54) is 0 Å². The van der Waals surface area contributed by atoms with E-state index in [2.05, 4.69) is 18.2 Å². The van der Waals surface area contributed by atoms with Crippen molar-refractivity contribution in [1.82, 2.24) is 0 Å². The molecule has 0 radical (unpaired) electrons. The van der Waals surface area contributed by atoms with Gasteiger partial charge in [0.1, 0.15) is 5.75 Å². The van der Waals surface area contributed by atoms with Gasteiger partial charge < -0.3 is 10.2 Å². The van der Waals surface area contributed by atoms with Crippen molar-refractivity contribution in [3.8, 4) is 26.6 Å². The molecular formula is C22H16O3S. The third-order valence-corrected chi connectivity index (χ3v) is 5.62. The SMILES string of the molecule is Cc1cc(O)ccc1-c1ccc(-c2ccc3cc(C(=O)O)ccc3c2)s1. The van der Waals surface area contributed by atoms with Crippen LogP contribution in [0, 0.1) is 6.92 Å². The van der Waals surface area contributed by atoms with Gasteiger partial charge in [0.25, 0.3) is 0 Å². The molecule has 0 amide bonds. The van der Waals surface area contributed by atoms with Gasteiger partial charge in [-0.05, 0) is 82.9 Å². The predicted molar refractivity (Wildman–Crippen MR) is 106 cm³/mol. The van der Waals surface area contributed by atoms with Crippen LogP contribution < -0.4 is 0 Å². The van der Waals surface area contributed by atoms with Gasteiger partial charge in [-0.3, -0.25) is 0 Å². The van der Waals surface area contributed by atoms with Gasteiger partial charge in [0.15, 0.2) is 0 Å². The number of carbonyl (C=O) groups is 1. The van der Waals surface area contributed by atoms with E-state index >= 15 is 0 Å². The van der Waals surface area contributed by atoms with E-state index in [-0.39, 0.29) is 5.75 Å². The molecule has 2 N–H and O–H groups in total. The number of benzene rings is 3. The van der Waals surface area contributed by atoms with Gasteiger partial charge in [-0.25, -0.2) is 4.79 Å². The van der Waals surface area contributed by atoms with Crippen LogP contribution >= 0.6 is 11.3 Å². The summed E-state index contributed by atoms with van der Waals surface area (Å²) < 4.78 is 0. The lowest BCUT2D eigenvalue weighted by Gasteiger charge is -2.04. The molecule has 0 aliphatic heterocycles. The summed E-state index contributed by atoms with van der Waals surface area (Å²) >= 11 is 1.70. The summed E-state index contributed by atoms with van der Waals surface area (Å²) in [6.45, 7) is 1.99. The van der Waals surface area contributed by atoms with Crippen LogP contribution in [-0.2, 0) is 0 Å². The molecule has 0 unspecified atom stereocenters. The summed E-state index contributed by atoms with van der Waals surface area (Å²) in [7, 11) is 0. The monoisotopic (exact) mass is 360 g/mol. The fourth-order valence-corrected chi connectivity index (χ4v) is 4.19. The van der Waals surface area contributed by atoms with Crippen molar-refractivity contribution in [3.05, 3.63) is 77.9 Å². The highest BCUT2D eigenvalue weighted by Gasteiger charge is 2.09. The Bertz CT molecular complexity index is 1140. The third-order valence-electron chi connectivity index (χ3n) is 4.45. The molecule has 4 rings (SSSR count). The number of rotatable bonds is 3. The second-order valence-electron chi connectivity index (χ2n) is 6.24. The largest absolute Gasteiger partial charge is 0.508 e. The van der Waals surface area contributed by atoms with Crippen molar-refractivity contribution in [2.75, 3.05) is 0 Å². The van der Waals surface area contributed by atoms with E-state index in [9.17, 15) is 9.90 Å². The van der Waals surface area contributed by atoms with Crippen molar-refractivity contribution in [3.63, 3.8) is 0 Å². The summed E-state index contributed by atoms with van der Waals surface area (Å²) in [6.07, 6.45) is 0. The number of aromatic carboxylic acids is 1. The average Bonchev–Trinajstić information content (AvgIpc) is 3.10. The molecule has 0 aliphatic rings. The Morgan fingerprint density at radius 3 is 2.35 bits per heavy atom. The van der Waals surface area contributed by atoms with Crippen LogP contribution in [0.25, 0.3) is 31.7 Å². The highest BCUT2D eigenvalue weighted by molar-refractivity contribution is 7.18. The first-order chi connectivity index (χ1) is 12.5. The molecule has 1 heterocycles. The summed E-state index contributed by atoms with van der Waals surface area (Å²) in [6, 6.07) is 20.8. The summed E-state index contributed by atoms with van der Waals surface area (Å²) in [5, 5.41) is 20.6. The van der Waals surface area contributed by atoms with Gasteiger partial charge in [-0.1, -0.05) is 18.2 Å². The maximum absolute atomic E-state index is 11.1. The molecule has 4 aromatic rings. The molecular weight excluding hydrogens is 344 g/mol. The molecule has 0 saturated carbocycles. The van der Waals surface area contributed by atoms with E-state index in [1.54, 1.807) is 35.6 Å². The minimum atomic E-state index is -0.914. The molecule has 0 aliphatic carbocycles. The highest BCUT2D eigenvalue weighted by Crippen LogP contribution is 2.37. The molecule has 0 saturated heterocycles. The first kappa shape index (κ1) is 16.4. The van der Waals surface area contributed by atoms with E-state index in [0.29, 0.717) is 5.56 Å². The zero-order valence-electron chi connectivity index (χ0n) is 14.1. The number of hydrogen-bond donors (Lipinski definition) is 2. The van der Waals surface area contributed by atoms with Crippen LogP contribution in [-0.4, -0.2) is 16.2 Å². The van der Waals surface area contributed by atoms with Crippen molar-refractivity contribution in [2.24, 2.45) is 0 Å². The lowest BCUT2D eigenvalue weighted by atomic mass is 10.0. The Labute approximate surface area is 154 Å². The maximum atomic E-state index is 11.1. The topological polar surface area (TPSA) is 57.5 Å². The smallest absolute Gasteiger partial charge is 0.335 e. The van der Waals surface area contributed by atoms with Crippen molar-refractivity contribution in [2.45, 2.75) is 6.92 Å². The van der Waals surface area contributed by atoms with Gasteiger partial charge in [0.2, 0.25) is 0 Å². The van der Waals surface area contributed by atoms with E-state index < -0.39 is 5.97 Å². The zero-order valence-corrected chi connectivity index (χ0v) is 14.9. The number of phenols is 1. The number of hydrogen-bond acceptors (Lipinski definition) is 3. The quantitative estimate of drug-likeness (QED) is 0.475. The molecule has 128 valence electrons. The van der Waals surface area contributed by atoms with Gasteiger partial charge in [0, 0.05) is 9.75 Å². The van der Waals surface area contributed by atoms with Gasteiger partial charge >= 0.3 is 5.97 Å².